The summed E-state index contributed by atoms with van der Waals surface area (Å²) >= 11 is 4.97. The van der Waals surface area contributed by atoms with Crippen LogP contribution < -0.4 is 11.1 Å². The maximum Gasteiger partial charge on any atom is 0.232 e. The first-order valence-electron chi connectivity index (χ1n) is 6.16. The maximum atomic E-state index is 12.1. The molecule has 0 saturated carbocycles. The van der Waals surface area contributed by atoms with Gasteiger partial charge in [-0.3, -0.25) is 4.79 Å². The van der Waals surface area contributed by atoms with Crippen LogP contribution in [0.1, 0.15) is 33.1 Å². The number of thiocarbonyl (C=S) groups is 1. The van der Waals surface area contributed by atoms with Crippen molar-refractivity contribution in [2.24, 2.45) is 17.1 Å². The summed E-state index contributed by atoms with van der Waals surface area (Å²) in [4.78, 5) is 12.3. The summed E-state index contributed by atoms with van der Waals surface area (Å²) in [5, 5.41) is 2.96. The zero-order valence-corrected chi connectivity index (χ0v) is 11.4. The van der Waals surface area contributed by atoms with Crippen molar-refractivity contribution >= 4 is 23.1 Å². The molecular formula is C12H22N2O2S. The SMILES string of the molecule is CCC(C)(C(=O)NCC1CCOCC1)C(N)=S. The predicted octanol–water partition coefficient (Wildman–Crippen LogP) is 1.23. The Hall–Kier alpha value is -0.680. The van der Waals surface area contributed by atoms with Crippen molar-refractivity contribution in [3.63, 3.8) is 0 Å². The van der Waals surface area contributed by atoms with Crippen LogP contribution in [0.5, 0.6) is 0 Å². The minimum Gasteiger partial charge on any atom is -0.392 e. The fourth-order valence-corrected chi connectivity index (χ4v) is 2.07. The Morgan fingerprint density at radius 2 is 2.12 bits per heavy atom. The lowest BCUT2D eigenvalue weighted by Gasteiger charge is -2.28. The van der Waals surface area contributed by atoms with Gasteiger partial charge in [-0.05, 0) is 32.1 Å². The predicted molar refractivity (Wildman–Crippen MR) is 71.7 cm³/mol. The highest BCUT2D eigenvalue weighted by molar-refractivity contribution is 7.80. The number of nitrogens with one attached hydrogen (secondary N) is 1. The number of hydrogen-bond acceptors (Lipinski definition) is 3. The fourth-order valence-electron chi connectivity index (χ4n) is 1.83. The quantitative estimate of drug-likeness (QED) is 0.728. The van der Waals surface area contributed by atoms with E-state index in [1.165, 1.54) is 0 Å². The number of carbonyl (C=O) groups excluding carboxylic acids is 1. The van der Waals surface area contributed by atoms with E-state index in [1.54, 1.807) is 6.92 Å². The topological polar surface area (TPSA) is 64.3 Å². The summed E-state index contributed by atoms with van der Waals surface area (Å²) in [6.45, 7) is 6.00. The second-order valence-corrected chi connectivity index (χ2v) is 5.26. The van der Waals surface area contributed by atoms with Gasteiger partial charge in [0.15, 0.2) is 0 Å². The fraction of sp³-hybridized carbons (Fsp3) is 0.833. The number of rotatable bonds is 5. The molecular weight excluding hydrogens is 236 g/mol. The average molecular weight is 258 g/mol. The van der Waals surface area contributed by atoms with Crippen LogP contribution in [0.25, 0.3) is 0 Å². The minimum atomic E-state index is -0.722. The molecule has 1 rings (SSSR count). The van der Waals surface area contributed by atoms with Gasteiger partial charge in [0, 0.05) is 19.8 Å². The summed E-state index contributed by atoms with van der Waals surface area (Å²) in [5.41, 5.74) is 4.92. The van der Waals surface area contributed by atoms with Crippen LogP contribution in [0.15, 0.2) is 0 Å². The van der Waals surface area contributed by atoms with Crippen LogP contribution in [0.2, 0.25) is 0 Å². The van der Waals surface area contributed by atoms with Crippen LogP contribution in [0, 0.1) is 11.3 Å². The van der Waals surface area contributed by atoms with Gasteiger partial charge in [-0.2, -0.15) is 0 Å². The molecule has 0 spiro atoms. The van der Waals surface area contributed by atoms with Gasteiger partial charge in [-0.25, -0.2) is 0 Å². The molecule has 0 aliphatic carbocycles. The van der Waals surface area contributed by atoms with E-state index in [0.29, 0.717) is 18.9 Å². The number of amides is 1. The molecule has 0 radical (unpaired) electrons. The molecule has 0 aromatic heterocycles. The van der Waals surface area contributed by atoms with Crippen LogP contribution in [-0.2, 0) is 9.53 Å². The Bertz CT molecular complexity index is 290. The molecule has 1 unspecified atom stereocenters. The molecule has 0 aromatic carbocycles. The maximum absolute atomic E-state index is 12.1. The Kier molecular flexibility index (Phi) is 5.33. The lowest BCUT2D eigenvalue weighted by atomic mass is 9.86. The third-order valence-electron chi connectivity index (χ3n) is 3.64. The first-order chi connectivity index (χ1) is 8.00. The first-order valence-corrected chi connectivity index (χ1v) is 6.57. The van der Waals surface area contributed by atoms with Gasteiger partial charge < -0.3 is 15.8 Å². The molecule has 0 aromatic rings. The van der Waals surface area contributed by atoms with Crippen molar-refractivity contribution < 1.29 is 9.53 Å². The molecule has 1 amide bonds. The summed E-state index contributed by atoms with van der Waals surface area (Å²) < 4.78 is 5.28. The van der Waals surface area contributed by atoms with E-state index < -0.39 is 5.41 Å². The van der Waals surface area contributed by atoms with Gasteiger partial charge in [-0.15, -0.1) is 0 Å². The number of carbonyl (C=O) groups is 1. The Labute approximate surface area is 108 Å². The lowest BCUT2D eigenvalue weighted by molar-refractivity contribution is -0.127. The van der Waals surface area contributed by atoms with Crippen LogP contribution in [0.4, 0.5) is 0 Å². The number of ether oxygens (including phenoxy) is 1. The zero-order valence-electron chi connectivity index (χ0n) is 10.6. The molecule has 1 saturated heterocycles. The van der Waals surface area contributed by atoms with E-state index in [-0.39, 0.29) is 10.9 Å². The standard InChI is InChI=1S/C12H22N2O2S/c1-3-12(2,10(13)17)11(15)14-8-9-4-6-16-7-5-9/h9H,3-8H2,1-2H3,(H2,13,17)(H,14,15). The Morgan fingerprint density at radius 1 is 1.53 bits per heavy atom. The molecule has 0 bridgehead atoms. The van der Waals surface area contributed by atoms with Gasteiger partial charge in [-0.1, -0.05) is 19.1 Å². The molecule has 1 aliphatic heterocycles. The van der Waals surface area contributed by atoms with Gasteiger partial charge in [0.05, 0.1) is 10.4 Å². The zero-order chi connectivity index (χ0) is 12.9. The van der Waals surface area contributed by atoms with E-state index in [9.17, 15) is 4.79 Å². The van der Waals surface area contributed by atoms with Gasteiger partial charge in [0.25, 0.3) is 0 Å². The van der Waals surface area contributed by atoms with Crippen LogP contribution in [0.3, 0.4) is 0 Å². The Balaban J connectivity index is 2.44. The molecule has 3 N–H and O–H groups in total. The van der Waals surface area contributed by atoms with Crippen molar-refractivity contribution in [1.29, 1.82) is 0 Å². The third kappa shape index (κ3) is 3.64. The van der Waals surface area contributed by atoms with Crippen molar-refractivity contribution in [2.45, 2.75) is 33.1 Å². The molecule has 1 fully saturated rings. The molecule has 17 heavy (non-hydrogen) atoms. The molecule has 98 valence electrons. The molecule has 5 heteroatoms. The van der Waals surface area contributed by atoms with E-state index in [2.05, 4.69) is 5.32 Å². The normalized spacial score (nSPS) is 20.6. The highest BCUT2D eigenvalue weighted by atomic mass is 32.1. The second-order valence-electron chi connectivity index (χ2n) is 4.82. The van der Waals surface area contributed by atoms with E-state index >= 15 is 0 Å². The lowest BCUT2D eigenvalue weighted by Crippen LogP contribution is -2.48. The van der Waals surface area contributed by atoms with Gasteiger partial charge >= 0.3 is 0 Å². The Morgan fingerprint density at radius 3 is 2.59 bits per heavy atom. The van der Waals surface area contributed by atoms with E-state index in [0.717, 1.165) is 26.1 Å². The summed E-state index contributed by atoms with van der Waals surface area (Å²) in [7, 11) is 0. The molecule has 1 atom stereocenters. The van der Waals surface area contributed by atoms with Crippen molar-refractivity contribution in [3.05, 3.63) is 0 Å². The molecule has 4 nitrogen and oxygen atoms in total. The van der Waals surface area contributed by atoms with Crippen molar-refractivity contribution in [1.82, 2.24) is 5.32 Å². The largest absolute Gasteiger partial charge is 0.392 e. The summed E-state index contributed by atoms with van der Waals surface area (Å²) in [5.74, 6) is 0.458. The van der Waals surface area contributed by atoms with Crippen LogP contribution >= 0.6 is 12.2 Å². The van der Waals surface area contributed by atoms with Crippen LogP contribution in [-0.4, -0.2) is 30.7 Å². The minimum absolute atomic E-state index is 0.0565. The average Bonchev–Trinajstić information content (AvgIpc) is 2.35. The van der Waals surface area contributed by atoms with E-state index in [4.69, 9.17) is 22.7 Å². The highest BCUT2D eigenvalue weighted by Crippen LogP contribution is 2.22. The third-order valence-corrected chi connectivity index (χ3v) is 4.09. The van der Waals surface area contributed by atoms with Gasteiger partial charge in [0.2, 0.25) is 5.91 Å². The first kappa shape index (κ1) is 14.4. The highest BCUT2D eigenvalue weighted by Gasteiger charge is 2.34. The summed E-state index contributed by atoms with van der Waals surface area (Å²) in [6.07, 6.45) is 2.65. The van der Waals surface area contributed by atoms with Gasteiger partial charge in [0.1, 0.15) is 0 Å². The number of nitrogens with two attached hydrogens (primary N) is 1. The smallest absolute Gasteiger partial charge is 0.232 e. The summed E-state index contributed by atoms with van der Waals surface area (Å²) in [6, 6.07) is 0. The van der Waals surface area contributed by atoms with E-state index in [1.807, 2.05) is 6.92 Å². The molecule has 1 aliphatic rings. The second kappa shape index (κ2) is 6.31. The van der Waals surface area contributed by atoms with Crippen molar-refractivity contribution in [3.8, 4) is 0 Å². The monoisotopic (exact) mass is 258 g/mol. The van der Waals surface area contributed by atoms with Crippen molar-refractivity contribution in [2.75, 3.05) is 19.8 Å². The molecule has 1 heterocycles. The number of hydrogen-bond donors (Lipinski definition) is 2.